The van der Waals surface area contributed by atoms with Crippen LogP contribution >= 0.6 is 0 Å². The van der Waals surface area contributed by atoms with E-state index in [-0.39, 0.29) is 82.5 Å². The molecule has 12 rings (SSSR count). The molecule has 7 heterocycles. The molecule has 0 amide bonds. The van der Waals surface area contributed by atoms with Gasteiger partial charge < -0.3 is 203 Å². The molecule has 46 nitrogen and oxygen atoms in total. The van der Waals surface area contributed by atoms with Crippen LogP contribution in [0.5, 0.6) is 0 Å². The fraction of sp³-hybridized carbons (Fsp3) is 0.863. The topological polar surface area (TPSA) is 728 Å². The Kier molecular flexibility index (Phi) is 35.9. The molecule has 7 aliphatic heterocycles. The van der Waals surface area contributed by atoms with Crippen molar-refractivity contribution in [2.24, 2.45) is 29.6 Å². The Morgan fingerprint density at radius 1 is 0.333 bits per heavy atom. The molecule has 0 aromatic rings. The third-order valence-corrected chi connectivity index (χ3v) is 26.0. The predicted octanol–water partition coefficient (Wildman–Crippen LogP) is -10.3. The molecule has 46 heteroatoms. The van der Waals surface area contributed by atoms with Gasteiger partial charge in [0.25, 0.3) is 0 Å². The first-order valence-electron chi connectivity index (χ1n) is 42.9. The summed E-state index contributed by atoms with van der Waals surface area (Å²) in [4.78, 5) is 64.0. The third-order valence-electron chi connectivity index (χ3n) is 26.0. The Bertz CT molecular complexity index is 3550. The maximum absolute atomic E-state index is 14.0. The highest BCUT2D eigenvalue weighted by Crippen LogP contribution is 2.47. The number of aliphatic carboxylic acids is 1. The van der Waals surface area contributed by atoms with E-state index in [1.54, 1.807) is 6.08 Å². The van der Waals surface area contributed by atoms with Gasteiger partial charge in [-0.25, -0.2) is 14.4 Å². The second-order valence-electron chi connectivity index (χ2n) is 34.8. The molecule has 5 aliphatic carbocycles. The van der Waals surface area contributed by atoms with Gasteiger partial charge in [0.05, 0.1) is 93.1 Å². The van der Waals surface area contributed by atoms with E-state index in [4.69, 9.17) is 85.6 Å². The average molecular weight is 1820 g/mol. The summed E-state index contributed by atoms with van der Waals surface area (Å²) in [5.41, 5.74) is 0. The molecular weight excluding hydrogens is 1700 g/mol. The molecule has 24 N–H and O–H groups in total. The lowest BCUT2D eigenvalue weighted by molar-refractivity contribution is -0.373. The van der Waals surface area contributed by atoms with Gasteiger partial charge in [-0.1, -0.05) is 18.2 Å². The van der Waals surface area contributed by atoms with Crippen LogP contribution in [0.2, 0.25) is 0 Å². The zero-order valence-corrected chi connectivity index (χ0v) is 68.5. The number of carboxylic acid groups (broad SMARTS) is 1. The number of ether oxygens (including phenoxy) is 17. The Labute approximate surface area is 720 Å². The average Bonchev–Trinajstić information content (AvgIpc) is 0.762. The third kappa shape index (κ3) is 24.8. The van der Waals surface area contributed by atoms with Crippen LogP contribution in [0, 0.1) is 29.6 Å². The number of carbonyl (C=O) groups excluding carboxylic acids is 4. The smallest absolute Gasteiger partial charge is 0.330 e. The van der Waals surface area contributed by atoms with Crippen LogP contribution < -0.4 is 0 Å². The first-order valence-corrected chi connectivity index (χ1v) is 42.9. The molecule has 12 aliphatic rings. The molecule has 0 radical (unpaired) electrons. The minimum atomic E-state index is -2.17. The summed E-state index contributed by atoms with van der Waals surface area (Å²) in [6.45, 7) is -4.33. The number of hydrogen-bond donors (Lipinski definition) is 24. The molecule has 5 saturated carbocycles. The Hall–Kier alpha value is -4.87. The van der Waals surface area contributed by atoms with Gasteiger partial charge in [-0.2, -0.15) is 0 Å². The molecule has 0 spiro atoms. The predicted molar refractivity (Wildman–Crippen MR) is 405 cm³/mol. The molecule has 44 atom stereocenters. The quantitative estimate of drug-likeness (QED) is 0.0137. The number of aliphatic hydroxyl groups is 23. The lowest BCUT2D eigenvalue weighted by Gasteiger charge is -2.53. The molecule has 718 valence electrons. The van der Waals surface area contributed by atoms with Gasteiger partial charge in [0.15, 0.2) is 43.8 Å². The second-order valence-corrected chi connectivity index (χ2v) is 34.8. The lowest BCUT2D eigenvalue weighted by atomic mass is 9.72. The Morgan fingerprint density at radius 3 is 1.28 bits per heavy atom. The standard InChI is InChI=1S/C80H122O46/c81-24-47-58(96)63(101)68(106)75(120-47)114-35-9-1-30(2-10-35)5-14-53(91)111-28-51-62(100)67(105)74(80(124-51)119-46-22-36-44(115-72(46)33-8-11-37(84)38(85)19-33)20-34(83)21-45(36)118-78-71(109)66(104)61(99)50(123-78)29-112-56(94)23-52(89)90)126-79-73(57(95)41(88)26-113-79)125-55(93)16-7-32-4-13-43(40(87)18-32)117-77-70(108)65(103)60(98)49(122-77)27-110-54(92)15-6-31-3-12-42(39(86)17-31)116-76-69(107)64(102)59(97)48(25-82)121-76/h5-7,14-16,30-51,57-88,95-109H,1-4,8-13,17-29H2,(H,89,90). The van der Waals surface area contributed by atoms with E-state index in [1.807, 2.05) is 0 Å². The van der Waals surface area contributed by atoms with E-state index in [1.165, 1.54) is 12.2 Å². The summed E-state index contributed by atoms with van der Waals surface area (Å²) in [5, 5.41) is 259. The summed E-state index contributed by atoms with van der Waals surface area (Å²) in [7, 11) is 0. The summed E-state index contributed by atoms with van der Waals surface area (Å²) in [5.74, 6) is -8.64. The van der Waals surface area contributed by atoms with Gasteiger partial charge in [0.2, 0.25) is 0 Å². The van der Waals surface area contributed by atoms with E-state index in [9.17, 15) is 141 Å². The van der Waals surface area contributed by atoms with Crippen molar-refractivity contribution < 1.29 is 227 Å². The molecule has 44 unspecified atom stereocenters. The highest BCUT2D eigenvalue weighted by molar-refractivity contribution is 5.90. The largest absolute Gasteiger partial charge is 0.481 e. The number of fused-ring (bicyclic) bond motifs is 1. The van der Waals surface area contributed by atoms with E-state index in [0.717, 1.165) is 18.2 Å². The number of allylic oxidation sites excluding steroid dienone is 3. The number of carbonyl (C=O) groups is 5. The highest BCUT2D eigenvalue weighted by atomic mass is 16.8. The lowest BCUT2D eigenvalue weighted by Crippen LogP contribution is -2.65. The fourth-order valence-electron chi connectivity index (χ4n) is 18.5. The molecule has 0 aromatic heterocycles. The van der Waals surface area contributed by atoms with Crippen LogP contribution in [-0.4, -0.2) is 443 Å². The number of esters is 4. The van der Waals surface area contributed by atoms with Gasteiger partial charge in [-0.15, -0.1) is 0 Å². The molecule has 12 fully saturated rings. The first kappa shape index (κ1) is 100. The van der Waals surface area contributed by atoms with Crippen molar-refractivity contribution in [2.75, 3.05) is 39.6 Å². The number of rotatable bonds is 30. The maximum Gasteiger partial charge on any atom is 0.330 e. The fourth-order valence-corrected chi connectivity index (χ4v) is 18.5. The van der Waals surface area contributed by atoms with Crippen molar-refractivity contribution in [2.45, 2.75) is 361 Å². The van der Waals surface area contributed by atoms with Gasteiger partial charge in [-0.3, -0.25) is 9.59 Å². The van der Waals surface area contributed by atoms with Crippen LogP contribution in [0.3, 0.4) is 0 Å². The van der Waals surface area contributed by atoms with Gasteiger partial charge in [0.1, 0.15) is 161 Å². The van der Waals surface area contributed by atoms with Gasteiger partial charge in [-0.05, 0) is 120 Å². The van der Waals surface area contributed by atoms with E-state index >= 15 is 0 Å². The SMILES string of the molecule is O=C(O)CC(=O)OCC1OC(OC2CC(O)CC3OC(C4CCC(O)C(O)C4)C(OC4OC(COC(=O)C=CC5CCC(OC6OC(CO)C(O)C(O)C6O)CC5)C(O)C(O)C4OC4OCC(O)C(O)C4OC(=O)C=CC4CCC(OC5OC(COC(=O)C=CC6CCC(OC7OC(CO)C(O)C(O)C7O)C(O)C6)C(O)C(O)C5O)C(O)C4)CC23)C(O)C(O)C1O. The first-order chi connectivity index (χ1) is 59.9. The second kappa shape index (κ2) is 45.2. The van der Waals surface area contributed by atoms with Crippen molar-refractivity contribution in [1.29, 1.82) is 0 Å². The Balaban J connectivity index is 0.698. The van der Waals surface area contributed by atoms with E-state index < -0.39 is 345 Å². The summed E-state index contributed by atoms with van der Waals surface area (Å²) in [6, 6.07) is 0. The minimum absolute atomic E-state index is 0.0202. The van der Waals surface area contributed by atoms with Crippen LogP contribution in [0.4, 0.5) is 0 Å². The van der Waals surface area contributed by atoms with E-state index in [2.05, 4.69) is 0 Å². The van der Waals surface area contributed by atoms with Crippen LogP contribution in [0.25, 0.3) is 0 Å². The van der Waals surface area contributed by atoms with Crippen LogP contribution in [0.15, 0.2) is 36.5 Å². The summed E-state index contributed by atoms with van der Waals surface area (Å²) < 4.78 is 101. The zero-order chi connectivity index (χ0) is 91.0. The highest BCUT2D eigenvalue weighted by Gasteiger charge is 2.58. The van der Waals surface area contributed by atoms with Crippen molar-refractivity contribution in [3.8, 4) is 0 Å². The number of hydrogen-bond acceptors (Lipinski definition) is 45. The van der Waals surface area contributed by atoms with Gasteiger partial charge in [0, 0.05) is 30.6 Å². The van der Waals surface area contributed by atoms with Crippen molar-refractivity contribution >= 4 is 29.8 Å². The molecular formula is C80H122O46. The van der Waals surface area contributed by atoms with Gasteiger partial charge >= 0.3 is 29.8 Å². The maximum atomic E-state index is 14.0. The van der Waals surface area contributed by atoms with Crippen molar-refractivity contribution in [3.05, 3.63) is 36.5 Å². The monoisotopic (exact) mass is 1820 g/mol. The summed E-state index contributed by atoms with van der Waals surface area (Å²) >= 11 is 0. The van der Waals surface area contributed by atoms with E-state index in [0.29, 0.717) is 32.1 Å². The summed E-state index contributed by atoms with van der Waals surface area (Å²) in [6.07, 6.45) is -55.7. The number of aliphatic hydroxyl groups excluding tert-OH is 23. The zero-order valence-electron chi connectivity index (χ0n) is 68.5. The Morgan fingerprint density at radius 2 is 0.778 bits per heavy atom. The van der Waals surface area contributed by atoms with Crippen molar-refractivity contribution in [3.63, 3.8) is 0 Å². The molecule has 0 aromatic carbocycles. The van der Waals surface area contributed by atoms with Crippen LogP contribution in [-0.2, 0) is 104 Å². The minimum Gasteiger partial charge on any atom is -0.481 e. The molecule has 0 bridgehead atoms. The van der Waals surface area contributed by atoms with Crippen LogP contribution in [0.1, 0.15) is 109 Å². The molecule has 126 heavy (non-hydrogen) atoms. The molecule has 7 saturated heterocycles. The normalized spacial score (nSPS) is 47.5. The van der Waals surface area contributed by atoms with Crippen molar-refractivity contribution in [1.82, 2.24) is 0 Å². The number of carboxylic acids is 1.